The van der Waals surface area contributed by atoms with Crippen molar-refractivity contribution >= 4 is 23.6 Å². The van der Waals surface area contributed by atoms with Crippen LogP contribution in [0.3, 0.4) is 0 Å². The lowest BCUT2D eigenvalue weighted by Gasteiger charge is -2.30. The molecular weight excluding hydrogens is 380 g/mol. The lowest BCUT2D eigenvalue weighted by molar-refractivity contribution is -0.126. The molecule has 3 aliphatic heterocycles. The number of hydrogen-bond donors (Lipinski definition) is 1. The molecule has 7 nitrogen and oxygen atoms in total. The van der Waals surface area contributed by atoms with Gasteiger partial charge in [0.15, 0.2) is 11.5 Å². The first-order valence-electron chi connectivity index (χ1n) is 9.53. The summed E-state index contributed by atoms with van der Waals surface area (Å²) in [5, 5.41) is 2.79. The van der Waals surface area contributed by atoms with E-state index in [-0.39, 0.29) is 23.3 Å². The summed E-state index contributed by atoms with van der Waals surface area (Å²) < 4.78 is 16.0. The van der Waals surface area contributed by atoms with E-state index in [1.807, 2.05) is 26.0 Å². The first-order chi connectivity index (χ1) is 13.4. The minimum absolute atomic E-state index is 0.0627. The van der Waals surface area contributed by atoms with Crippen LogP contribution in [0.5, 0.6) is 11.5 Å². The quantitative estimate of drug-likeness (QED) is 0.809. The number of ether oxygens (including phenoxy) is 3. The Balaban J connectivity index is 1.63. The molecule has 2 fully saturated rings. The molecule has 1 aromatic carbocycles. The van der Waals surface area contributed by atoms with Crippen LogP contribution in [0.1, 0.15) is 48.0 Å². The van der Waals surface area contributed by atoms with Crippen LogP contribution >= 0.6 is 11.8 Å². The van der Waals surface area contributed by atoms with Gasteiger partial charge in [0.25, 0.3) is 5.91 Å². The molecule has 0 saturated carbocycles. The van der Waals surface area contributed by atoms with Gasteiger partial charge < -0.3 is 24.4 Å². The number of nitrogens with zero attached hydrogens (tertiary/aromatic N) is 1. The summed E-state index contributed by atoms with van der Waals surface area (Å²) in [5.74, 6) is 0.615. The second-order valence-electron chi connectivity index (χ2n) is 7.83. The summed E-state index contributed by atoms with van der Waals surface area (Å²) in [6.45, 7) is 5.25. The monoisotopic (exact) mass is 406 g/mol. The number of thioether (sulfide) groups is 1. The van der Waals surface area contributed by atoms with Gasteiger partial charge in [-0.3, -0.25) is 9.59 Å². The molecule has 152 valence electrons. The molecule has 4 rings (SSSR count). The first kappa shape index (κ1) is 19.4. The molecule has 8 heteroatoms. The summed E-state index contributed by atoms with van der Waals surface area (Å²) in [7, 11) is 3.07. The molecule has 0 unspecified atom stereocenters. The first-order valence-corrected chi connectivity index (χ1v) is 10.4. The van der Waals surface area contributed by atoms with Crippen LogP contribution in [-0.2, 0) is 9.53 Å². The predicted octanol–water partition coefficient (Wildman–Crippen LogP) is 2.35. The van der Waals surface area contributed by atoms with Crippen LogP contribution in [0.4, 0.5) is 0 Å². The Morgan fingerprint density at radius 2 is 2.14 bits per heavy atom. The van der Waals surface area contributed by atoms with E-state index in [9.17, 15) is 9.59 Å². The maximum Gasteiger partial charge on any atom is 0.260 e. The van der Waals surface area contributed by atoms with Crippen molar-refractivity contribution in [2.45, 2.75) is 49.0 Å². The maximum atomic E-state index is 13.4. The summed E-state index contributed by atoms with van der Waals surface area (Å²) in [6.07, 6.45) is 2.04. The lowest BCUT2D eigenvalue weighted by Crippen LogP contribution is -2.53. The van der Waals surface area contributed by atoms with Gasteiger partial charge in [-0.15, -0.1) is 11.8 Å². The molecule has 0 spiro atoms. The molecule has 3 heterocycles. The molecule has 0 radical (unpaired) electrons. The Morgan fingerprint density at radius 1 is 1.36 bits per heavy atom. The van der Waals surface area contributed by atoms with E-state index in [0.29, 0.717) is 23.6 Å². The van der Waals surface area contributed by atoms with Crippen molar-refractivity contribution in [3.8, 4) is 11.5 Å². The van der Waals surface area contributed by atoms with Crippen molar-refractivity contribution in [1.82, 2.24) is 10.2 Å². The van der Waals surface area contributed by atoms with Crippen LogP contribution in [0, 0.1) is 0 Å². The molecule has 28 heavy (non-hydrogen) atoms. The van der Waals surface area contributed by atoms with Crippen LogP contribution in [-0.4, -0.2) is 61.0 Å². The van der Waals surface area contributed by atoms with Crippen molar-refractivity contribution in [1.29, 1.82) is 0 Å². The molecular formula is C20H26N2O5S. The Bertz CT molecular complexity index is 806. The minimum atomic E-state index is -0.570. The second-order valence-corrected chi connectivity index (χ2v) is 9.57. The van der Waals surface area contributed by atoms with Gasteiger partial charge in [-0.05, 0) is 32.8 Å². The molecule has 1 aromatic rings. The SMILES string of the molecule is COc1ccc2c(c1OC)C(=O)N1[C@@H]2SC(C)(C)[C@@H]1C(=O)NC[C@H]1CCCO1. The van der Waals surface area contributed by atoms with Crippen molar-refractivity contribution < 1.29 is 23.8 Å². The fraction of sp³-hybridized carbons (Fsp3) is 0.600. The maximum absolute atomic E-state index is 13.4. The number of hydrogen-bond acceptors (Lipinski definition) is 6. The van der Waals surface area contributed by atoms with Crippen molar-refractivity contribution in [2.75, 3.05) is 27.4 Å². The molecule has 1 N–H and O–H groups in total. The van der Waals surface area contributed by atoms with Gasteiger partial charge in [-0.1, -0.05) is 6.07 Å². The van der Waals surface area contributed by atoms with E-state index in [2.05, 4.69) is 5.32 Å². The van der Waals surface area contributed by atoms with Crippen LogP contribution < -0.4 is 14.8 Å². The van der Waals surface area contributed by atoms with Gasteiger partial charge in [0.1, 0.15) is 11.4 Å². The predicted molar refractivity (Wildman–Crippen MR) is 106 cm³/mol. The van der Waals surface area contributed by atoms with E-state index >= 15 is 0 Å². The molecule has 0 bridgehead atoms. The summed E-state index contributed by atoms with van der Waals surface area (Å²) in [4.78, 5) is 28.2. The van der Waals surface area contributed by atoms with Gasteiger partial charge in [-0.25, -0.2) is 0 Å². The van der Waals surface area contributed by atoms with Gasteiger partial charge in [0.05, 0.1) is 25.9 Å². The zero-order valence-electron chi connectivity index (χ0n) is 16.6. The van der Waals surface area contributed by atoms with E-state index in [0.717, 1.165) is 25.0 Å². The fourth-order valence-corrected chi connectivity index (χ4v) is 5.95. The van der Waals surface area contributed by atoms with E-state index in [4.69, 9.17) is 14.2 Å². The van der Waals surface area contributed by atoms with Gasteiger partial charge >= 0.3 is 0 Å². The normalized spacial score (nSPS) is 27.5. The minimum Gasteiger partial charge on any atom is -0.493 e. The number of amides is 2. The van der Waals surface area contributed by atoms with Crippen LogP contribution in [0.15, 0.2) is 12.1 Å². The highest BCUT2D eigenvalue weighted by Crippen LogP contribution is 2.58. The van der Waals surface area contributed by atoms with Gasteiger partial charge in [0.2, 0.25) is 5.91 Å². The third kappa shape index (κ3) is 2.93. The van der Waals surface area contributed by atoms with Gasteiger partial charge in [-0.2, -0.15) is 0 Å². The summed E-state index contributed by atoms with van der Waals surface area (Å²) >= 11 is 1.63. The molecule has 2 amide bonds. The number of rotatable bonds is 5. The average molecular weight is 407 g/mol. The van der Waals surface area contributed by atoms with Crippen LogP contribution in [0.25, 0.3) is 0 Å². The summed E-state index contributed by atoms with van der Waals surface area (Å²) in [5.41, 5.74) is 1.36. The fourth-order valence-electron chi connectivity index (χ4n) is 4.37. The number of fused-ring (bicyclic) bond motifs is 3. The van der Waals surface area contributed by atoms with Crippen molar-refractivity contribution in [3.63, 3.8) is 0 Å². The second kappa shape index (κ2) is 7.15. The van der Waals surface area contributed by atoms with Crippen molar-refractivity contribution in [2.24, 2.45) is 0 Å². The van der Waals surface area contributed by atoms with Crippen LogP contribution in [0.2, 0.25) is 0 Å². The zero-order chi connectivity index (χ0) is 20.1. The zero-order valence-corrected chi connectivity index (χ0v) is 17.4. The molecule has 3 aliphatic rings. The number of nitrogens with one attached hydrogen (secondary N) is 1. The molecule has 0 aromatic heterocycles. The highest BCUT2D eigenvalue weighted by atomic mass is 32.2. The third-order valence-corrected chi connectivity index (χ3v) is 7.21. The number of carbonyl (C=O) groups is 2. The van der Waals surface area contributed by atoms with Crippen molar-refractivity contribution in [3.05, 3.63) is 23.3 Å². The standard InChI is InChI=1S/C20H26N2O5S/c1-20(2)16(17(23)21-10-11-6-5-9-27-11)22-18(24)14-12(19(22)28-20)7-8-13(25-3)15(14)26-4/h7-8,11,16,19H,5-6,9-10H2,1-4H3,(H,21,23)/t11-,16+,19-/m1/s1. The summed E-state index contributed by atoms with van der Waals surface area (Å²) in [6, 6.07) is 3.14. The number of carbonyl (C=O) groups excluding carboxylic acids is 2. The highest BCUT2D eigenvalue weighted by Gasteiger charge is 2.58. The molecule has 2 saturated heterocycles. The van der Waals surface area contributed by atoms with E-state index in [1.54, 1.807) is 23.8 Å². The van der Waals surface area contributed by atoms with Gasteiger partial charge in [0, 0.05) is 23.5 Å². The molecule has 3 atom stereocenters. The number of benzene rings is 1. The van der Waals surface area contributed by atoms with E-state index < -0.39 is 10.8 Å². The largest absolute Gasteiger partial charge is 0.493 e. The molecule has 0 aliphatic carbocycles. The smallest absolute Gasteiger partial charge is 0.260 e. The lowest BCUT2D eigenvalue weighted by atomic mass is 10.0. The third-order valence-electron chi connectivity index (χ3n) is 5.67. The average Bonchev–Trinajstić information content (AvgIpc) is 3.34. The Kier molecular flexibility index (Phi) is 4.95. The Hall–Kier alpha value is -1.93. The Labute approximate surface area is 169 Å². The topological polar surface area (TPSA) is 77.1 Å². The highest BCUT2D eigenvalue weighted by molar-refractivity contribution is 8.01. The van der Waals surface area contributed by atoms with E-state index in [1.165, 1.54) is 7.11 Å². The number of methoxy groups -OCH3 is 2. The Morgan fingerprint density at radius 3 is 2.79 bits per heavy atom.